The molecule has 0 saturated carbocycles. The lowest BCUT2D eigenvalue weighted by Gasteiger charge is -2.12. The number of amides is 2. The maximum atomic E-state index is 12.9. The van der Waals surface area contributed by atoms with Gasteiger partial charge in [-0.3, -0.25) is 25.2 Å². The first-order valence-electron chi connectivity index (χ1n) is 11.1. The van der Waals surface area contributed by atoms with E-state index >= 15 is 0 Å². The molecule has 0 atom stereocenters. The van der Waals surface area contributed by atoms with Crippen LogP contribution in [0.15, 0.2) is 41.2 Å². The van der Waals surface area contributed by atoms with Crippen molar-refractivity contribution in [1.29, 1.82) is 0 Å². The van der Waals surface area contributed by atoms with Crippen molar-refractivity contribution in [2.75, 3.05) is 6.61 Å². The Hall–Kier alpha value is -4.08. The van der Waals surface area contributed by atoms with Crippen LogP contribution >= 0.6 is 0 Å². The molecule has 3 rings (SSSR count). The Morgan fingerprint density at radius 1 is 0.971 bits per heavy atom. The lowest BCUT2D eigenvalue weighted by molar-refractivity contribution is 0.0524. The van der Waals surface area contributed by atoms with E-state index in [0.717, 1.165) is 19.3 Å². The zero-order valence-electron chi connectivity index (χ0n) is 19.4. The summed E-state index contributed by atoms with van der Waals surface area (Å²) in [6, 6.07) is 9.51. The van der Waals surface area contributed by atoms with E-state index in [0.29, 0.717) is 23.0 Å². The smallest absolute Gasteiger partial charge is 0.339 e. The van der Waals surface area contributed by atoms with Crippen molar-refractivity contribution in [2.45, 2.75) is 46.6 Å². The molecule has 0 fully saturated rings. The molecule has 10 nitrogen and oxygen atoms in total. The summed E-state index contributed by atoms with van der Waals surface area (Å²) in [6.07, 6.45) is 2.67. The quantitative estimate of drug-likeness (QED) is 0.297. The predicted molar refractivity (Wildman–Crippen MR) is 125 cm³/mol. The molecular weight excluding hydrogens is 438 g/mol. The van der Waals surface area contributed by atoms with Crippen molar-refractivity contribution in [1.82, 2.24) is 25.6 Å². The molecule has 0 bridgehead atoms. The minimum atomic E-state index is -0.674. The second-order valence-corrected chi connectivity index (χ2v) is 7.59. The minimum Gasteiger partial charge on any atom is -0.462 e. The largest absolute Gasteiger partial charge is 0.462 e. The summed E-state index contributed by atoms with van der Waals surface area (Å²) >= 11 is 0. The number of ether oxygens (including phenoxy) is 1. The number of fused-ring (bicyclic) bond motifs is 1. The standard InChI is InChI=1S/C24H27N5O5/c1-4-6-9-14-29-23(32)18-11-8-7-10-17(18)20(28-29)22(31)27-26-21(30)19-13-12-16(15(3)25-19)24(33)34-5-2/h7-8,10-13H,4-6,9,14H2,1-3H3,(H,26,30)(H,27,31). The maximum Gasteiger partial charge on any atom is 0.339 e. The van der Waals surface area contributed by atoms with E-state index in [-0.39, 0.29) is 29.1 Å². The first-order chi connectivity index (χ1) is 16.4. The van der Waals surface area contributed by atoms with Crippen LogP contribution in [0.4, 0.5) is 0 Å². The number of benzene rings is 1. The van der Waals surface area contributed by atoms with Crippen molar-refractivity contribution in [3.63, 3.8) is 0 Å². The molecular formula is C24H27N5O5. The van der Waals surface area contributed by atoms with Gasteiger partial charge in [0.25, 0.3) is 17.4 Å². The van der Waals surface area contributed by atoms with Crippen molar-refractivity contribution < 1.29 is 19.1 Å². The Morgan fingerprint density at radius 3 is 2.35 bits per heavy atom. The van der Waals surface area contributed by atoms with Crippen LogP contribution in [0.25, 0.3) is 10.8 Å². The fourth-order valence-corrected chi connectivity index (χ4v) is 3.41. The highest BCUT2D eigenvalue weighted by molar-refractivity contribution is 6.05. The number of unbranched alkanes of at least 4 members (excludes halogenated alkanes) is 2. The fourth-order valence-electron chi connectivity index (χ4n) is 3.41. The van der Waals surface area contributed by atoms with Gasteiger partial charge in [-0.15, -0.1) is 0 Å². The summed E-state index contributed by atoms with van der Waals surface area (Å²) in [6.45, 7) is 5.94. The first-order valence-corrected chi connectivity index (χ1v) is 11.1. The Balaban J connectivity index is 1.79. The van der Waals surface area contributed by atoms with Crippen LogP contribution in [-0.2, 0) is 11.3 Å². The number of carbonyl (C=O) groups excluding carboxylic acids is 3. The van der Waals surface area contributed by atoms with E-state index in [1.54, 1.807) is 38.1 Å². The Bertz CT molecular complexity index is 1280. The third kappa shape index (κ3) is 5.45. The average molecular weight is 466 g/mol. The van der Waals surface area contributed by atoms with Crippen LogP contribution in [0.1, 0.15) is 70.1 Å². The van der Waals surface area contributed by atoms with Crippen molar-refractivity contribution in [3.8, 4) is 0 Å². The normalized spacial score (nSPS) is 10.7. The van der Waals surface area contributed by atoms with Gasteiger partial charge in [0, 0.05) is 11.9 Å². The summed E-state index contributed by atoms with van der Waals surface area (Å²) < 4.78 is 6.24. The fraction of sp³-hybridized carbons (Fsp3) is 0.333. The van der Waals surface area contributed by atoms with Crippen molar-refractivity contribution in [2.24, 2.45) is 0 Å². The summed E-state index contributed by atoms with van der Waals surface area (Å²) in [5.41, 5.74) is 4.97. The number of nitrogens with one attached hydrogen (secondary N) is 2. The van der Waals surface area contributed by atoms with Crippen LogP contribution in [0.5, 0.6) is 0 Å². The van der Waals surface area contributed by atoms with Gasteiger partial charge in [-0.25, -0.2) is 14.5 Å². The Morgan fingerprint density at radius 2 is 1.68 bits per heavy atom. The van der Waals surface area contributed by atoms with E-state index in [4.69, 9.17) is 4.74 Å². The summed E-state index contributed by atoms with van der Waals surface area (Å²) in [4.78, 5) is 54.2. The highest BCUT2D eigenvalue weighted by atomic mass is 16.5. The van der Waals surface area contributed by atoms with Crippen molar-refractivity contribution >= 4 is 28.6 Å². The number of hydrogen-bond acceptors (Lipinski definition) is 7. The molecule has 0 saturated heterocycles. The number of hydrazine groups is 1. The van der Waals surface area contributed by atoms with E-state index in [2.05, 4.69) is 27.9 Å². The van der Waals surface area contributed by atoms with Gasteiger partial charge in [-0.1, -0.05) is 38.0 Å². The third-order valence-electron chi connectivity index (χ3n) is 5.16. The van der Waals surface area contributed by atoms with Gasteiger partial charge in [0.2, 0.25) is 0 Å². The third-order valence-corrected chi connectivity index (χ3v) is 5.16. The molecule has 2 N–H and O–H groups in total. The molecule has 10 heteroatoms. The van der Waals surface area contributed by atoms with Crippen LogP contribution in [-0.4, -0.2) is 39.2 Å². The van der Waals surface area contributed by atoms with E-state index in [1.165, 1.54) is 16.8 Å². The average Bonchev–Trinajstić information content (AvgIpc) is 2.84. The molecule has 0 aliphatic carbocycles. The molecule has 0 radical (unpaired) electrons. The highest BCUT2D eigenvalue weighted by Crippen LogP contribution is 2.14. The van der Waals surface area contributed by atoms with E-state index in [9.17, 15) is 19.2 Å². The maximum absolute atomic E-state index is 12.9. The van der Waals surface area contributed by atoms with Crippen LogP contribution in [0, 0.1) is 6.92 Å². The zero-order valence-corrected chi connectivity index (χ0v) is 19.4. The van der Waals surface area contributed by atoms with Crippen LogP contribution in [0.2, 0.25) is 0 Å². The van der Waals surface area contributed by atoms with Crippen LogP contribution in [0.3, 0.4) is 0 Å². The summed E-state index contributed by atoms with van der Waals surface area (Å²) in [7, 11) is 0. The van der Waals surface area contributed by atoms with E-state index < -0.39 is 17.8 Å². The molecule has 1 aromatic carbocycles. The van der Waals surface area contributed by atoms with E-state index in [1.807, 2.05) is 0 Å². The molecule has 2 heterocycles. The van der Waals surface area contributed by atoms with Gasteiger partial charge >= 0.3 is 5.97 Å². The Labute approximate surface area is 196 Å². The number of aromatic nitrogens is 3. The molecule has 0 aliphatic heterocycles. The molecule has 178 valence electrons. The summed E-state index contributed by atoms with van der Waals surface area (Å²) in [5.74, 6) is -1.87. The van der Waals surface area contributed by atoms with Crippen molar-refractivity contribution in [3.05, 3.63) is 69.4 Å². The molecule has 3 aromatic rings. The first kappa shape index (κ1) is 24.6. The number of rotatable bonds is 8. The van der Waals surface area contributed by atoms with Gasteiger partial charge in [0.15, 0.2) is 5.69 Å². The van der Waals surface area contributed by atoms with Gasteiger partial charge in [-0.05, 0) is 38.5 Å². The Kier molecular flexibility index (Phi) is 8.07. The SMILES string of the molecule is CCCCCn1nc(C(=O)NNC(=O)c2ccc(C(=O)OCC)c(C)n2)c2ccccc2c1=O. The number of nitrogens with zero attached hydrogens (tertiary/aromatic N) is 3. The zero-order chi connectivity index (χ0) is 24.7. The van der Waals surface area contributed by atoms with Gasteiger partial charge in [0.05, 0.1) is 23.3 Å². The number of carbonyl (C=O) groups is 3. The number of esters is 1. The number of aryl methyl sites for hydroxylation is 2. The molecule has 2 amide bonds. The number of pyridine rings is 1. The molecule has 34 heavy (non-hydrogen) atoms. The topological polar surface area (TPSA) is 132 Å². The van der Waals surface area contributed by atoms with Gasteiger partial charge in [-0.2, -0.15) is 5.10 Å². The number of hydrogen-bond donors (Lipinski definition) is 2. The minimum absolute atomic E-state index is 0.00759. The second kappa shape index (κ2) is 11.2. The molecule has 2 aromatic heterocycles. The molecule has 0 aliphatic rings. The molecule has 0 spiro atoms. The molecule has 0 unspecified atom stereocenters. The lowest BCUT2D eigenvalue weighted by atomic mass is 10.1. The van der Waals surface area contributed by atoms with Crippen LogP contribution < -0.4 is 16.4 Å². The van der Waals surface area contributed by atoms with Gasteiger partial charge < -0.3 is 4.74 Å². The second-order valence-electron chi connectivity index (χ2n) is 7.59. The highest BCUT2D eigenvalue weighted by Gasteiger charge is 2.19. The monoisotopic (exact) mass is 465 g/mol. The predicted octanol–water partition coefficient (Wildman–Crippen LogP) is 2.54. The lowest BCUT2D eigenvalue weighted by Crippen LogP contribution is -2.43. The summed E-state index contributed by atoms with van der Waals surface area (Å²) in [5, 5.41) is 5.02. The van der Waals surface area contributed by atoms with Gasteiger partial charge in [0.1, 0.15) is 5.69 Å².